The molecule has 38 heavy (non-hydrogen) atoms. The van der Waals surface area contributed by atoms with Crippen LogP contribution in [0, 0.1) is 5.92 Å². The molecule has 0 radical (unpaired) electrons. The summed E-state index contributed by atoms with van der Waals surface area (Å²) in [5.41, 5.74) is 2.09. The number of benzene rings is 1. The van der Waals surface area contributed by atoms with Crippen molar-refractivity contribution in [2.75, 3.05) is 48.8 Å². The molecule has 200 valence electrons. The molecule has 3 aromatic rings. The van der Waals surface area contributed by atoms with E-state index in [4.69, 9.17) is 4.74 Å². The number of anilines is 4. The quantitative estimate of drug-likeness (QED) is 0.398. The number of H-pyrrole nitrogens is 1. The van der Waals surface area contributed by atoms with Gasteiger partial charge in [0.05, 0.1) is 40.3 Å². The van der Waals surface area contributed by atoms with Crippen molar-refractivity contribution < 1.29 is 17.9 Å². The molecular weight excluding hydrogens is 508 g/mol. The Balaban J connectivity index is 1.30. The van der Waals surface area contributed by atoms with E-state index in [1.165, 1.54) is 6.20 Å². The summed E-state index contributed by atoms with van der Waals surface area (Å²) in [5.74, 6) is 0.882. The number of ether oxygens (including phenoxy) is 1. The van der Waals surface area contributed by atoms with Gasteiger partial charge in [-0.25, -0.2) is 13.4 Å². The van der Waals surface area contributed by atoms with Gasteiger partial charge in [0.25, 0.3) is 5.56 Å². The molecule has 3 N–H and O–H groups in total. The molecule has 2 aliphatic carbocycles. The lowest BCUT2D eigenvalue weighted by Gasteiger charge is -2.36. The molecule has 0 spiro atoms. The lowest BCUT2D eigenvalue weighted by Crippen LogP contribution is -2.49. The molecule has 1 saturated heterocycles. The molecular formula is C26H30N6O5S. The van der Waals surface area contributed by atoms with E-state index in [9.17, 15) is 18.0 Å². The first-order chi connectivity index (χ1) is 18.3. The molecule has 2 aromatic heterocycles. The number of sulfonamides is 1. The highest BCUT2D eigenvalue weighted by Gasteiger charge is 2.41. The summed E-state index contributed by atoms with van der Waals surface area (Å²) < 4.78 is 32.7. The van der Waals surface area contributed by atoms with E-state index in [1.807, 2.05) is 18.2 Å². The van der Waals surface area contributed by atoms with Gasteiger partial charge >= 0.3 is 0 Å². The summed E-state index contributed by atoms with van der Waals surface area (Å²) in [6.07, 6.45) is 4.77. The van der Waals surface area contributed by atoms with Crippen LogP contribution in [0.4, 0.5) is 22.9 Å². The predicted molar refractivity (Wildman–Crippen MR) is 146 cm³/mol. The van der Waals surface area contributed by atoms with Crippen molar-refractivity contribution in [1.29, 1.82) is 0 Å². The predicted octanol–water partition coefficient (Wildman–Crippen LogP) is 2.64. The number of nitrogens with zero attached hydrogens (tertiary/aromatic N) is 3. The van der Waals surface area contributed by atoms with Crippen LogP contribution in [0.3, 0.4) is 0 Å². The number of pyridine rings is 2. The highest BCUT2D eigenvalue weighted by Crippen LogP contribution is 2.40. The van der Waals surface area contributed by atoms with Gasteiger partial charge in [0.15, 0.2) is 5.75 Å². The highest BCUT2D eigenvalue weighted by atomic mass is 32.2. The van der Waals surface area contributed by atoms with Crippen molar-refractivity contribution in [3.05, 3.63) is 46.9 Å². The summed E-state index contributed by atoms with van der Waals surface area (Å²) >= 11 is 0. The number of aromatic nitrogens is 2. The van der Waals surface area contributed by atoms with E-state index >= 15 is 0 Å². The minimum absolute atomic E-state index is 0.0135. The molecule has 0 bridgehead atoms. The lowest BCUT2D eigenvalue weighted by atomic mass is 10.1. The molecule has 1 amide bonds. The minimum Gasteiger partial charge on any atom is -0.492 e. The maximum Gasteiger partial charge on any atom is 0.259 e. The van der Waals surface area contributed by atoms with Crippen LogP contribution in [0.15, 0.2) is 41.3 Å². The SMILES string of the molecule is COc1c(Nc2cc(NC(=O)C3CC3)nc3cc[nH]c(=O)c23)cccc1N1CCN(S(=O)(=O)C2CC2)CC1. The maximum absolute atomic E-state index is 12.8. The first-order valence-electron chi connectivity index (χ1n) is 12.9. The topological polar surface area (TPSA) is 137 Å². The number of rotatable bonds is 8. The maximum atomic E-state index is 12.8. The second kappa shape index (κ2) is 9.59. The van der Waals surface area contributed by atoms with Crippen molar-refractivity contribution in [1.82, 2.24) is 14.3 Å². The van der Waals surface area contributed by atoms with Gasteiger partial charge in [-0.2, -0.15) is 4.31 Å². The van der Waals surface area contributed by atoms with Crippen LogP contribution in [0.2, 0.25) is 0 Å². The standard InChI is InChI=1S/C26H30N6O5S/c1-37-24-19(3-2-4-21(24)31-11-13-32(14-12-31)38(35,36)17-7-8-17)28-20-15-22(30-25(33)16-5-6-16)29-18-9-10-27-26(34)23(18)20/h2-4,9-10,15-17H,5-8,11-14H2,1H3,(H,27,34)(H2,28,29,30,33). The van der Waals surface area contributed by atoms with E-state index in [0.717, 1.165) is 31.4 Å². The molecule has 1 aliphatic heterocycles. The summed E-state index contributed by atoms with van der Waals surface area (Å²) in [4.78, 5) is 34.4. The van der Waals surface area contributed by atoms with Crippen LogP contribution in [0.5, 0.6) is 5.75 Å². The van der Waals surface area contributed by atoms with Gasteiger partial charge in [-0.3, -0.25) is 9.59 Å². The summed E-state index contributed by atoms with van der Waals surface area (Å²) in [7, 11) is -1.62. The van der Waals surface area contributed by atoms with Gasteiger partial charge in [-0.05, 0) is 43.9 Å². The van der Waals surface area contributed by atoms with Gasteiger partial charge < -0.3 is 25.3 Å². The number of fused-ring (bicyclic) bond motifs is 1. The monoisotopic (exact) mass is 538 g/mol. The van der Waals surface area contributed by atoms with E-state index < -0.39 is 10.0 Å². The molecule has 3 heterocycles. The number of hydrogen-bond acceptors (Lipinski definition) is 8. The van der Waals surface area contributed by atoms with Gasteiger partial charge in [-0.15, -0.1) is 0 Å². The van der Waals surface area contributed by atoms with Gasteiger partial charge in [0, 0.05) is 44.4 Å². The van der Waals surface area contributed by atoms with Crippen molar-refractivity contribution in [2.45, 2.75) is 30.9 Å². The molecule has 3 aliphatic rings. The number of aromatic amines is 1. The number of carbonyl (C=O) groups is 1. The zero-order valence-corrected chi connectivity index (χ0v) is 21.9. The normalized spacial score (nSPS) is 18.4. The Hall–Kier alpha value is -3.64. The van der Waals surface area contributed by atoms with Gasteiger partial charge in [0.1, 0.15) is 5.82 Å². The number of carbonyl (C=O) groups excluding carboxylic acids is 1. The van der Waals surface area contributed by atoms with Gasteiger partial charge in [0.2, 0.25) is 15.9 Å². The molecule has 2 saturated carbocycles. The van der Waals surface area contributed by atoms with E-state index in [2.05, 4.69) is 25.5 Å². The number of amides is 1. The average Bonchev–Trinajstić information content (AvgIpc) is 3.81. The Morgan fingerprint density at radius 2 is 1.84 bits per heavy atom. The number of nitrogens with one attached hydrogen (secondary N) is 3. The molecule has 12 heteroatoms. The number of methoxy groups -OCH3 is 1. The Bertz CT molecular complexity index is 1560. The third kappa shape index (κ3) is 4.69. The van der Waals surface area contributed by atoms with Crippen molar-refractivity contribution in [2.24, 2.45) is 5.92 Å². The molecule has 6 rings (SSSR count). The first-order valence-corrected chi connectivity index (χ1v) is 14.4. The number of para-hydroxylation sites is 1. The number of hydrogen-bond donors (Lipinski definition) is 3. The van der Waals surface area contributed by atoms with Crippen LogP contribution in [-0.4, -0.2) is 67.1 Å². The van der Waals surface area contributed by atoms with E-state index in [1.54, 1.807) is 23.5 Å². The summed E-state index contributed by atoms with van der Waals surface area (Å²) in [6, 6.07) is 9.02. The Morgan fingerprint density at radius 3 is 2.53 bits per heavy atom. The average molecular weight is 539 g/mol. The van der Waals surface area contributed by atoms with Crippen molar-refractivity contribution in [3.63, 3.8) is 0 Å². The summed E-state index contributed by atoms with van der Waals surface area (Å²) in [5, 5.41) is 6.35. The molecule has 11 nitrogen and oxygen atoms in total. The largest absolute Gasteiger partial charge is 0.492 e. The highest BCUT2D eigenvalue weighted by molar-refractivity contribution is 7.90. The van der Waals surface area contributed by atoms with Crippen LogP contribution in [0.25, 0.3) is 10.9 Å². The molecule has 0 unspecified atom stereocenters. The Labute approximate surface area is 220 Å². The third-order valence-corrected chi connectivity index (χ3v) is 9.68. The Morgan fingerprint density at radius 1 is 1.08 bits per heavy atom. The lowest BCUT2D eigenvalue weighted by molar-refractivity contribution is -0.117. The fourth-order valence-electron chi connectivity index (χ4n) is 4.92. The zero-order valence-electron chi connectivity index (χ0n) is 21.1. The fraction of sp³-hybridized carbons (Fsp3) is 0.423. The van der Waals surface area contributed by atoms with Crippen molar-refractivity contribution in [3.8, 4) is 5.75 Å². The van der Waals surface area contributed by atoms with Crippen molar-refractivity contribution >= 4 is 49.7 Å². The third-order valence-electron chi connectivity index (χ3n) is 7.28. The molecule has 1 aromatic carbocycles. The van der Waals surface area contributed by atoms with Crippen LogP contribution in [0.1, 0.15) is 25.7 Å². The number of piperazine rings is 1. The van der Waals surface area contributed by atoms with Crippen LogP contribution in [-0.2, 0) is 14.8 Å². The minimum atomic E-state index is -3.20. The molecule has 0 atom stereocenters. The zero-order chi connectivity index (χ0) is 26.4. The molecule has 3 fully saturated rings. The van der Waals surface area contributed by atoms with E-state index in [-0.39, 0.29) is 22.6 Å². The second-order valence-electron chi connectivity index (χ2n) is 10.00. The smallest absolute Gasteiger partial charge is 0.259 e. The Kier molecular flexibility index (Phi) is 6.23. The fourth-order valence-corrected chi connectivity index (χ4v) is 6.75. The van der Waals surface area contributed by atoms with Crippen LogP contribution < -0.4 is 25.8 Å². The summed E-state index contributed by atoms with van der Waals surface area (Å²) in [6.45, 7) is 1.93. The van der Waals surface area contributed by atoms with Gasteiger partial charge in [-0.1, -0.05) is 6.07 Å². The van der Waals surface area contributed by atoms with Crippen LogP contribution >= 0.6 is 0 Å². The van der Waals surface area contributed by atoms with E-state index in [0.29, 0.717) is 60.0 Å². The second-order valence-corrected chi connectivity index (χ2v) is 12.2. The first kappa shape index (κ1) is 24.7.